The third-order valence-corrected chi connectivity index (χ3v) is 4.54. The van der Waals surface area contributed by atoms with Gasteiger partial charge in [0.25, 0.3) is 17.6 Å². The van der Waals surface area contributed by atoms with Crippen LogP contribution >= 0.6 is 0 Å². The van der Waals surface area contributed by atoms with Crippen LogP contribution in [0.5, 0.6) is 0 Å². The SMILES string of the molecule is Cc1cc(C2CN(C(=O)c3ccccc3)CC(F)(F)C2)n2ncnc2n1. The maximum Gasteiger partial charge on any atom is 0.266 e. The summed E-state index contributed by atoms with van der Waals surface area (Å²) in [6, 6.07) is 10.2. The Morgan fingerprint density at radius 1 is 1.27 bits per heavy atom. The van der Waals surface area contributed by atoms with Gasteiger partial charge in [-0.2, -0.15) is 10.1 Å². The van der Waals surface area contributed by atoms with Crippen LogP contribution in [0.3, 0.4) is 0 Å². The average molecular weight is 357 g/mol. The maximum atomic E-state index is 14.4. The van der Waals surface area contributed by atoms with Crippen molar-refractivity contribution in [2.75, 3.05) is 13.1 Å². The molecule has 1 unspecified atom stereocenters. The van der Waals surface area contributed by atoms with Gasteiger partial charge < -0.3 is 4.90 Å². The molecule has 1 atom stereocenters. The van der Waals surface area contributed by atoms with Crippen molar-refractivity contribution in [1.29, 1.82) is 0 Å². The first-order valence-electron chi connectivity index (χ1n) is 8.32. The number of aryl methyl sites for hydroxylation is 1. The molecular formula is C18H17F2N5O. The molecule has 0 bridgehead atoms. The lowest BCUT2D eigenvalue weighted by molar-refractivity contribution is -0.0641. The van der Waals surface area contributed by atoms with Crippen molar-refractivity contribution in [1.82, 2.24) is 24.5 Å². The Balaban J connectivity index is 1.70. The van der Waals surface area contributed by atoms with Gasteiger partial charge in [0.1, 0.15) is 6.33 Å². The fourth-order valence-corrected chi connectivity index (χ4v) is 3.47. The number of carbonyl (C=O) groups is 1. The van der Waals surface area contributed by atoms with Gasteiger partial charge in [0.05, 0.1) is 12.2 Å². The lowest BCUT2D eigenvalue weighted by Crippen LogP contribution is -2.49. The number of alkyl halides is 2. The summed E-state index contributed by atoms with van der Waals surface area (Å²) in [6.07, 6.45) is 1.00. The van der Waals surface area contributed by atoms with Crippen molar-refractivity contribution in [3.63, 3.8) is 0 Å². The fraction of sp³-hybridized carbons (Fsp3) is 0.333. The molecule has 1 aromatic carbocycles. The second-order valence-corrected chi connectivity index (χ2v) is 6.60. The van der Waals surface area contributed by atoms with Crippen LogP contribution in [0, 0.1) is 6.92 Å². The van der Waals surface area contributed by atoms with Gasteiger partial charge in [0.15, 0.2) is 0 Å². The second kappa shape index (κ2) is 6.12. The highest BCUT2D eigenvalue weighted by Crippen LogP contribution is 2.36. The van der Waals surface area contributed by atoms with Gasteiger partial charge in [-0.1, -0.05) is 18.2 Å². The summed E-state index contributed by atoms with van der Waals surface area (Å²) in [5.41, 5.74) is 1.67. The summed E-state index contributed by atoms with van der Waals surface area (Å²) in [6.45, 7) is 1.40. The number of halogens is 2. The van der Waals surface area contributed by atoms with E-state index in [0.717, 1.165) is 0 Å². The standard InChI is InChI=1S/C18H17F2N5O/c1-12-7-15(25-17(23-12)21-11-22-25)14-8-18(19,20)10-24(9-14)16(26)13-5-3-2-4-6-13/h2-7,11,14H,8-10H2,1H3. The number of likely N-dealkylation sites (tertiary alicyclic amines) is 1. The molecule has 26 heavy (non-hydrogen) atoms. The van der Waals surface area contributed by atoms with Gasteiger partial charge in [0.2, 0.25) is 0 Å². The highest BCUT2D eigenvalue weighted by atomic mass is 19.3. The van der Waals surface area contributed by atoms with Crippen molar-refractivity contribution < 1.29 is 13.6 Å². The van der Waals surface area contributed by atoms with Crippen molar-refractivity contribution >= 4 is 11.7 Å². The second-order valence-electron chi connectivity index (χ2n) is 6.60. The van der Waals surface area contributed by atoms with E-state index in [1.54, 1.807) is 43.3 Å². The van der Waals surface area contributed by atoms with Crippen molar-refractivity contribution in [2.45, 2.75) is 25.2 Å². The number of amides is 1. The summed E-state index contributed by atoms with van der Waals surface area (Å²) < 4.78 is 30.4. The van der Waals surface area contributed by atoms with Crippen LogP contribution in [0.2, 0.25) is 0 Å². The lowest BCUT2D eigenvalue weighted by Gasteiger charge is -2.37. The van der Waals surface area contributed by atoms with Crippen LogP contribution in [0.4, 0.5) is 8.78 Å². The fourth-order valence-electron chi connectivity index (χ4n) is 3.47. The Bertz CT molecular complexity index is 957. The zero-order valence-electron chi connectivity index (χ0n) is 14.1. The van der Waals surface area contributed by atoms with Crippen LogP contribution < -0.4 is 0 Å². The van der Waals surface area contributed by atoms with Gasteiger partial charge in [-0.05, 0) is 25.1 Å². The number of rotatable bonds is 2. The number of hydrogen-bond donors (Lipinski definition) is 0. The smallest absolute Gasteiger partial charge is 0.266 e. The van der Waals surface area contributed by atoms with Crippen molar-refractivity contribution in [2.24, 2.45) is 0 Å². The molecule has 0 radical (unpaired) electrons. The van der Waals surface area contributed by atoms with E-state index in [1.165, 1.54) is 15.7 Å². The molecule has 0 spiro atoms. The zero-order valence-corrected chi connectivity index (χ0v) is 14.1. The molecule has 134 valence electrons. The number of nitrogens with zero attached hydrogens (tertiary/aromatic N) is 5. The average Bonchev–Trinajstić information content (AvgIpc) is 3.08. The highest BCUT2D eigenvalue weighted by Gasteiger charge is 2.43. The minimum absolute atomic E-state index is 0.196. The van der Waals surface area contributed by atoms with Gasteiger partial charge >= 0.3 is 0 Å². The molecule has 0 saturated carbocycles. The van der Waals surface area contributed by atoms with Crippen LogP contribution in [0.25, 0.3) is 5.78 Å². The third-order valence-electron chi connectivity index (χ3n) is 4.54. The van der Waals surface area contributed by atoms with Crippen molar-refractivity contribution in [3.8, 4) is 0 Å². The summed E-state index contributed by atoms with van der Waals surface area (Å²) in [5, 5.41) is 4.11. The Kier molecular flexibility index (Phi) is 3.90. The lowest BCUT2D eigenvalue weighted by atomic mass is 9.91. The molecule has 1 amide bonds. The van der Waals surface area contributed by atoms with E-state index in [1.807, 2.05) is 0 Å². The zero-order chi connectivity index (χ0) is 18.3. The van der Waals surface area contributed by atoms with Crippen LogP contribution in [-0.2, 0) is 0 Å². The maximum absolute atomic E-state index is 14.4. The van der Waals surface area contributed by atoms with E-state index in [0.29, 0.717) is 22.7 Å². The topological polar surface area (TPSA) is 63.4 Å². The highest BCUT2D eigenvalue weighted by molar-refractivity contribution is 5.94. The Labute approximate surface area is 148 Å². The van der Waals surface area contributed by atoms with E-state index >= 15 is 0 Å². The van der Waals surface area contributed by atoms with E-state index in [9.17, 15) is 13.6 Å². The molecule has 1 saturated heterocycles. The summed E-state index contributed by atoms with van der Waals surface area (Å²) >= 11 is 0. The molecule has 1 fully saturated rings. The summed E-state index contributed by atoms with van der Waals surface area (Å²) in [7, 11) is 0. The largest absolute Gasteiger partial charge is 0.332 e. The first-order chi connectivity index (χ1) is 12.4. The Morgan fingerprint density at radius 3 is 2.81 bits per heavy atom. The summed E-state index contributed by atoms with van der Waals surface area (Å²) in [4.78, 5) is 22.2. The summed E-state index contributed by atoms with van der Waals surface area (Å²) in [5.74, 6) is -3.56. The molecule has 1 aliphatic heterocycles. The molecule has 6 nitrogen and oxygen atoms in total. The number of aromatic nitrogens is 4. The third kappa shape index (κ3) is 3.02. The van der Waals surface area contributed by atoms with Gasteiger partial charge in [-0.25, -0.2) is 18.3 Å². The first kappa shape index (κ1) is 16.6. The quantitative estimate of drug-likeness (QED) is 0.707. The number of benzene rings is 1. The normalized spacial score (nSPS) is 19.7. The number of fused-ring (bicyclic) bond motifs is 1. The minimum Gasteiger partial charge on any atom is -0.332 e. The minimum atomic E-state index is -2.97. The number of carbonyl (C=O) groups excluding carboxylic acids is 1. The van der Waals surface area contributed by atoms with Gasteiger partial charge in [-0.15, -0.1) is 0 Å². The molecule has 3 aromatic rings. The van der Waals surface area contributed by atoms with Gasteiger partial charge in [0, 0.05) is 30.1 Å². The predicted octanol–water partition coefficient (Wildman–Crippen LogP) is 2.70. The molecule has 8 heteroatoms. The molecule has 0 aliphatic carbocycles. The molecule has 0 N–H and O–H groups in total. The van der Waals surface area contributed by atoms with E-state index < -0.39 is 24.3 Å². The monoisotopic (exact) mass is 357 g/mol. The first-order valence-corrected chi connectivity index (χ1v) is 8.32. The van der Waals surface area contributed by atoms with Gasteiger partial charge in [-0.3, -0.25) is 4.79 Å². The molecule has 1 aliphatic rings. The molecular weight excluding hydrogens is 340 g/mol. The predicted molar refractivity (Wildman–Crippen MR) is 90.2 cm³/mol. The van der Waals surface area contributed by atoms with E-state index in [-0.39, 0.29) is 13.0 Å². The van der Waals surface area contributed by atoms with Crippen LogP contribution in [-0.4, -0.2) is 49.4 Å². The molecule has 3 heterocycles. The Morgan fingerprint density at radius 2 is 2.04 bits per heavy atom. The van der Waals surface area contributed by atoms with Crippen LogP contribution in [0.1, 0.15) is 34.1 Å². The van der Waals surface area contributed by atoms with E-state index in [2.05, 4.69) is 15.1 Å². The molecule has 4 rings (SSSR count). The number of hydrogen-bond acceptors (Lipinski definition) is 4. The van der Waals surface area contributed by atoms with E-state index in [4.69, 9.17) is 0 Å². The van der Waals surface area contributed by atoms with Crippen molar-refractivity contribution in [3.05, 3.63) is 59.7 Å². The number of piperidine rings is 1. The Hall–Kier alpha value is -2.90. The van der Waals surface area contributed by atoms with Crippen LogP contribution in [0.15, 0.2) is 42.7 Å². The molecule has 2 aromatic heterocycles.